The van der Waals surface area contributed by atoms with Crippen LogP contribution in [0.4, 0.5) is 5.69 Å². The quantitative estimate of drug-likeness (QED) is 0.656. The second-order valence-electron chi connectivity index (χ2n) is 4.32. The first-order valence-electron chi connectivity index (χ1n) is 6.46. The van der Waals surface area contributed by atoms with Crippen LogP contribution < -0.4 is 14.8 Å². The number of aromatic nitrogens is 1. The highest BCUT2D eigenvalue weighted by atomic mass is 16.5. The molecule has 1 heterocycles. The Morgan fingerprint density at radius 2 is 2.14 bits per heavy atom. The molecule has 6 nitrogen and oxygen atoms in total. The molecule has 2 aromatic rings. The van der Waals surface area contributed by atoms with Crippen molar-refractivity contribution in [2.24, 2.45) is 0 Å². The van der Waals surface area contributed by atoms with Crippen molar-refractivity contribution in [1.82, 2.24) is 4.98 Å². The van der Waals surface area contributed by atoms with Crippen molar-refractivity contribution in [3.63, 3.8) is 0 Å². The topological polar surface area (TPSA) is 87.1 Å². The molecule has 112 valence electrons. The molecule has 0 aliphatic heterocycles. The molecule has 0 aliphatic carbocycles. The summed E-state index contributed by atoms with van der Waals surface area (Å²) in [5.41, 5.74) is 1.12. The molecule has 0 aliphatic rings. The van der Waals surface area contributed by atoms with Crippen LogP contribution in [0.25, 0.3) is 6.08 Å². The lowest BCUT2D eigenvalue weighted by Crippen LogP contribution is -2.14. The number of ether oxygens (including phenoxy) is 2. The molecule has 0 spiro atoms. The van der Waals surface area contributed by atoms with E-state index in [-0.39, 0.29) is 5.57 Å². The number of hydrogen-bond acceptors (Lipinski definition) is 4. The zero-order valence-corrected chi connectivity index (χ0v) is 12.2. The zero-order chi connectivity index (χ0) is 15.9. The van der Waals surface area contributed by atoms with E-state index in [1.807, 2.05) is 6.07 Å². The molecule has 1 amide bonds. The highest BCUT2D eigenvalue weighted by Crippen LogP contribution is 2.29. The molecule has 0 unspecified atom stereocenters. The molecule has 1 aromatic carbocycles. The molecule has 1 aromatic heterocycles. The standard InChI is InChI=1S/C16H15N3O3/c1-21-13-5-6-14(15(9-13)22-2)19-16(20)11(10-17)8-12-4-3-7-18-12/h3-9,18H,1-2H3,(H,19,20)/b11-8+. The number of carbonyl (C=O) groups excluding carboxylic acids is 1. The minimum atomic E-state index is -0.513. The summed E-state index contributed by atoms with van der Waals surface area (Å²) in [6, 6.07) is 10.4. The monoisotopic (exact) mass is 297 g/mol. The largest absolute Gasteiger partial charge is 0.497 e. The third kappa shape index (κ3) is 3.46. The Kier molecular flexibility index (Phi) is 4.83. The van der Waals surface area contributed by atoms with Crippen molar-refractivity contribution in [1.29, 1.82) is 5.26 Å². The van der Waals surface area contributed by atoms with Crippen LogP contribution in [0.5, 0.6) is 11.5 Å². The number of anilines is 1. The maximum atomic E-state index is 12.2. The van der Waals surface area contributed by atoms with Gasteiger partial charge in [0.05, 0.1) is 19.9 Å². The number of aromatic amines is 1. The van der Waals surface area contributed by atoms with Crippen molar-refractivity contribution in [2.45, 2.75) is 0 Å². The Hall–Kier alpha value is -3.20. The molecule has 0 bridgehead atoms. The van der Waals surface area contributed by atoms with Crippen molar-refractivity contribution < 1.29 is 14.3 Å². The second-order valence-corrected chi connectivity index (χ2v) is 4.32. The maximum absolute atomic E-state index is 12.2. The fourth-order valence-electron chi connectivity index (χ4n) is 1.83. The van der Waals surface area contributed by atoms with Crippen molar-refractivity contribution >= 4 is 17.7 Å². The van der Waals surface area contributed by atoms with E-state index in [1.54, 1.807) is 43.6 Å². The van der Waals surface area contributed by atoms with Gasteiger partial charge in [0.2, 0.25) is 0 Å². The van der Waals surface area contributed by atoms with Crippen LogP contribution in [0.2, 0.25) is 0 Å². The average molecular weight is 297 g/mol. The number of amides is 1. The molecule has 0 radical (unpaired) electrons. The van der Waals surface area contributed by atoms with Gasteiger partial charge in [-0.2, -0.15) is 5.26 Å². The first-order valence-corrected chi connectivity index (χ1v) is 6.46. The minimum absolute atomic E-state index is 0.0136. The molecule has 0 fully saturated rings. The van der Waals surface area contributed by atoms with Gasteiger partial charge in [-0.3, -0.25) is 4.79 Å². The fourth-order valence-corrected chi connectivity index (χ4v) is 1.83. The van der Waals surface area contributed by atoms with E-state index in [9.17, 15) is 4.79 Å². The average Bonchev–Trinajstić information content (AvgIpc) is 3.05. The smallest absolute Gasteiger partial charge is 0.266 e. The Morgan fingerprint density at radius 1 is 1.32 bits per heavy atom. The highest BCUT2D eigenvalue weighted by molar-refractivity contribution is 6.10. The number of nitrogens with one attached hydrogen (secondary N) is 2. The fraction of sp³-hybridized carbons (Fsp3) is 0.125. The molecule has 0 atom stereocenters. The number of nitriles is 1. The minimum Gasteiger partial charge on any atom is -0.497 e. The van der Waals surface area contributed by atoms with Crippen molar-refractivity contribution in [3.8, 4) is 17.6 Å². The van der Waals surface area contributed by atoms with Gasteiger partial charge in [-0.1, -0.05) is 0 Å². The summed E-state index contributed by atoms with van der Waals surface area (Å²) in [5, 5.41) is 11.8. The van der Waals surface area contributed by atoms with E-state index < -0.39 is 5.91 Å². The van der Waals surface area contributed by atoms with Crippen LogP contribution in [-0.4, -0.2) is 25.1 Å². The molecule has 6 heteroatoms. The van der Waals surface area contributed by atoms with Crippen LogP contribution in [0.15, 0.2) is 42.1 Å². The number of rotatable bonds is 5. The van der Waals surface area contributed by atoms with E-state index in [4.69, 9.17) is 14.7 Å². The lowest BCUT2D eigenvalue weighted by atomic mass is 10.2. The number of methoxy groups -OCH3 is 2. The van der Waals surface area contributed by atoms with Crippen LogP contribution in [0.1, 0.15) is 5.69 Å². The molecule has 0 saturated carbocycles. The maximum Gasteiger partial charge on any atom is 0.266 e. The van der Waals surface area contributed by atoms with Gasteiger partial charge in [-0.15, -0.1) is 0 Å². The van der Waals surface area contributed by atoms with E-state index in [0.717, 1.165) is 0 Å². The van der Waals surface area contributed by atoms with Gasteiger partial charge in [0.25, 0.3) is 5.91 Å². The van der Waals surface area contributed by atoms with Gasteiger partial charge in [-0.25, -0.2) is 0 Å². The summed E-state index contributed by atoms with van der Waals surface area (Å²) in [5.74, 6) is 0.544. The van der Waals surface area contributed by atoms with Crippen molar-refractivity contribution in [3.05, 3.63) is 47.8 Å². The lowest BCUT2D eigenvalue weighted by Gasteiger charge is -2.11. The van der Waals surface area contributed by atoms with Gasteiger partial charge < -0.3 is 19.8 Å². The van der Waals surface area contributed by atoms with E-state index in [0.29, 0.717) is 22.9 Å². The summed E-state index contributed by atoms with van der Waals surface area (Å²) >= 11 is 0. The van der Waals surface area contributed by atoms with Gasteiger partial charge in [0.15, 0.2) is 0 Å². The second kappa shape index (κ2) is 6.99. The third-order valence-electron chi connectivity index (χ3n) is 2.94. The normalized spacial score (nSPS) is 10.7. The predicted octanol–water partition coefficient (Wildman–Crippen LogP) is 2.58. The third-order valence-corrected chi connectivity index (χ3v) is 2.94. The predicted molar refractivity (Wildman–Crippen MR) is 82.6 cm³/mol. The molecule has 0 saturated heterocycles. The summed E-state index contributed by atoms with van der Waals surface area (Å²) in [4.78, 5) is 15.1. The van der Waals surface area contributed by atoms with Gasteiger partial charge in [-0.05, 0) is 30.3 Å². The Labute approximate surface area is 128 Å². The number of benzene rings is 1. The number of hydrogen-bond donors (Lipinski definition) is 2. The zero-order valence-electron chi connectivity index (χ0n) is 12.2. The molecular weight excluding hydrogens is 282 g/mol. The van der Waals surface area contributed by atoms with Gasteiger partial charge >= 0.3 is 0 Å². The summed E-state index contributed by atoms with van der Waals surface area (Å²) in [7, 11) is 3.03. The van der Waals surface area contributed by atoms with Crippen LogP contribution >= 0.6 is 0 Å². The van der Waals surface area contributed by atoms with Gasteiger partial charge in [0.1, 0.15) is 23.1 Å². The SMILES string of the molecule is COc1ccc(NC(=O)/C(C#N)=C/c2ccc[nH]2)c(OC)c1. The lowest BCUT2D eigenvalue weighted by molar-refractivity contribution is -0.112. The number of carbonyl (C=O) groups is 1. The summed E-state index contributed by atoms with van der Waals surface area (Å²) in [6.07, 6.45) is 3.19. The Balaban J connectivity index is 2.23. The van der Waals surface area contributed by atoms with E-state index in [2.05, 4.69) is 10.3 Å². The number of nitrogens with zero attached hydrogens (tertiary/aromatic N) is 1. The first kappa shape index (κ1) is 15.2. The molecule has 2 rings (SSSR count). The number of H-pyrrole nitrogens is 1. The van der Waals surface area contributed by atoms with Crippen molar-refractivity contribution in [2.75, 3.05) is 19.5 Å². The van der Waals surface area contributed by atoms with Crippen LogP contribution in [-0.2, 0) is 4.79 Å². The highest BCUT2D eigenvalue weighted by Gasteiger charge is 2.13. The first-order chi connectivity index (χ1) is 10.7. The summed E-state index contributed by atoms with van der Waals surface area (Å²) in [6.45, 7) is 0. The van der Waals surface area contributed by atoms with Gasteiger partial charge in [0, 0.05) is 18.0 Å². The Morgan fingerprint density at radius 3 is 2.73 bits per heavy atom. The van der Waals surface area contributed by atoms with Crippen LogP contribution in [0.3, 0.4) is 0 Å². The molecule has 22 heavy (non-hydrogen) atoms. The van der Waals surface area contributed by atoms with E-state index in [1.165, 1.54) is 13.2 Å². The van der Waals surface area contributed by atoms with Crippen LogP contribution in [0, 0.1) is 11.3 Å². The Bertz CT molecular complexity index is 728. The molecule has 2 N–H and O–H groups in total. The summed E-state index contributed by atoms with van der Waals surface area (Å²) < 4.78 is 10.3. The molecular formula is C16H15N3O3. The van der Waals surface area contributed by atoms with E-state index >= 15 is 0 Å².